The average Bonchev–Trinajstić information content (AvgIpc) is 2.48. The normalized spacial score (nSPS) is 11.5. The van der Waals surface area contributed by atoms with Crippen LogP contribution >= 0.6 is 0 Å². The van der Waals surface area contributed by atoms with E-state index in [0.717, 1.165) is 5.61 Å². The van der Waals surface area contributed by atoms with Crippen molar-refractivity contribution in [2.24, 2.45) is 4.99 Å². The molecule has 0 unspecified atom stereocenters. The van der Waals surface area contributed by atoms with E-state index in [1.165, 1.54) is 0 Å². The van der Waals surface area contributed by atoms with E-state index in [0.29, 0.717) is 0 Å². The molecule has 0 amide bonds. The Bertz CT molecular complexity index is 106. The van der Waals surface area contributed by atoms with Crippen molar-refractivity contribution >= 4 is 12.9 Å². The molecular weight excluding hydrogens is 121 g/mol. The van der Waals surface area contributed by atoms with Gasteiger partial charge in [-0.3, -0.25) is 4.99 Å². The van der Waals surface area contributed by atoms with Gasteiger partial charge in [0, 0.05) is 6.20 Å². The molecule has 0 atom stereocenters. The molecule has 0 N–H and O–H groups in total. The Morgan fingerprint density at radius 1 is 1.20 bits per heavy atom. The molecule has 0 saturated carbocycles. The Morgan fingerprint density at radius 3 is 1.80 bits per heavy atom. The first kappa shape index (κ1) is 12.2. The van der Waals surface area contributed by atoms with Crippen LogP contribution in [0.5, 0.6) is 0 Å². The summed E-state index contributed by atoms with van der Waals surface area (Å²) in [5, 5.41) is 0. The molecule has 1 aliphatic rings. The zero-order valence-corrected chi connectivity index (χ0v) is 7.68. The molecule has 1 heterocycles. The molecule has 0 saturated heterocycles. The Kier molecular flexibility index (Phi) is 13.8. The van der Waals surface area contributed by atoms with Crippen molar-refractivity contribution < 1.29 is 0 Å². The van der Waals surface area contributed by atoms with Crippen molar-refractivity contribution in [1.82, 2.24) is 0 Å². The maximum atomic E-state index is 3.92. The second-order valence-corrected chi connectivity index (χ2v) is 1.28. The van der Waals surface area contributed by atoms with E-state index >= 15 is 0 Å². The quantitative estimate of drug-likeness (QED) is 0.456. The van der Waals surface area contributed by atoms with Crippen LogP contribution in [0.1, 0.15) is 34.6 Å². The minimum absolute atomic E-state index is 1.09. The summed E-state index contributed by atoms with van der Waals surface area (Å²) in [7, 11) is 1.97. The maximum absolute atomic E-state index is 3.92. The molecule has 1 rings (SSSR count). The van der Waals surface area contributed by atoms with Gasteiger partial charge in [0.2, 0.25) is 7.28 Å². The number of hydrogen-bond acceptors (Lipinski definition) is 1. The van der Waals surface area contributed by atoms with E-state index < -0.39 is 0 Å². The van der Waals surface area contributed by atoms with Gasteiger partial charge in [-0.1, -0.05) is 33.7 Å². The Hall–Kier alpha value is -0.525. The summed E-state index contributed by atoms with van der Waals surface area (Å²) in [6, 6.07) is 0. The van der Waals surface area contributed by atoms with Gasteiger partial charge >= 0.3 is 0 Å². The second kappa shape index (κ2) is 11.3. The first-order valence-corrected chi connectivity index (χ1v) is 3.94. The highest BCUT2D eigenvalue weighted by Crippen LogP contribution is 1.86. The molecule has 1 aliphatic heterocycles. The molecule has 10 heavy (non-hydrogen) atoms. The Balaban J connectivity index is 0. The lowest BCUT2D eigenvalue weighted by Crippen LogP contribution is -1.93. The van der Waals surface area contributed by atoms with Gasteiger partial charge in [0.25, 0.3) is 0 Å². The van der Waals surface area contributed by atoms with E-state index in [-0.39, 0.29) is 0 Å². The summed E-state index contributed by atoms with van der Waals surface area (Å²) in [6.45, 7) is 9.97. The molecule has 0 bridgehead atoms. The van der Waals surface area contributed by atoms with Crippen LogP contribution in [0.4, 0.5) is 0 Å². The fraction of sp³-hybridized carbons (Fsp3) is 0.625. The summed E-state index contributed by atoms with van der Waals surface area (Å²) in [5.41, 5.74) is 1.09. The van der Waals surface area contributed by atoms with E-state index in [1.54, 1.807) is 6.20 Å². The number of aliphatic imine (C=N–C) groups is 1. The number of nitrogens with zero attached hydrogens (tertiary/aromatic N) is 1. The molecule has 0 aliphatic carbocycles. The third-order valence-electron chi connectivity index (χ3n) is 0.702. The second-order valence-electron chi connectivity index (χ2n) is 1.28. The fourth-order valence-corrected chi connectivity index (χ4v) is 0.386. The summed E-state index contributed by atoms with van der Waals surface area (Å²) in [4.78, 5) is 3.92. The summed E-state index contributed by atoms with van der Waals surface area (Å²) in [6.07, 6.45) is 1.79. The summed E-state index contributed by atoms with van der Waals surface area (Å²) in [5.74, 6) is 1.93. The van der Waals surface area contributed by atoms with Gasteiger partial charge in [-0.25, -0.2) is 0 Å². The van der Waals surface area contributed by atoms with Crippen molar-refractivity contribution in [3.63, 3.8) is 0 Å². The molecule has 57 valence electrons. The van der Waals surface area contributed by atoms with Crippen LogP contribution in [-0.4, -0.2) is 12.9 Å². The van der Waals surface area contributed by atoms with Crippen molar-refractivity contribution in [2.45, 2.75) is 34.6 Å². The van der Waals surface area contributed by atoms with E-state index in [4.69, 9.17) is 0 Å². The van der Waals surface area contributed by atoms with Gasteiger partial charge in [0.05, 0.1) is 0 Å². The molecule has 2 heteroatoms. The van der Waals surface area contributed by atoms with Gasteiger partial charge in [-0.15, -0.1) is 0 Å². The van der Waals surface area contributed by atoms with Crippen molar-refractivity contribution in [2.75, 3.05) is 0 Å². The predicted octanol–water partition coefficient (Wildman–Crippen LogP) is 2.65. The van der Waals surface area contributed by atoms with E-state index in [2.05, 4.69) is 4.99 Å². The van der Waals surface area contributed by atoms with E-state index in [9.17, 15) is 0 Å². The Morgan fingerprint density at radius 2 is 1.70 bits per heavy atom. The van der Waals surface area contributed by atoms with Crippen molar-refractivity contribution in [3.8, 4) is 0 Å². The summed E-state index contributed by atoms with van der Waals surface area (Å²) < 4.78 is 0. The first-order chi connectivity index (χ1) is 4.89. The highest BCUT2D eigenvalue weighted by Gasteiger charge is 1.91. The lowest BCUT2D eigenvalue weighted by Gasteiger charge is -1.74. The first-order valence-electron chi connectivity index (χ1n) is 3.94. The van der Waals surface area contributed by atoms with Crippen LogP contribution in [0.2, 0.25) is 0 Å². The molecule has 1 radical (unpaired) electrons. The third kappa shape index (κ3) is 7.47. The van der Waals surface area contributed by atoms with Gasteiger partial charge in [0.15, 0.2) is 0 Å². The number of hydrogen-bond donors (Lipinski definition) is 0. The Labute approximate surface area is 65.5 Å². The molecule has 0 spiro atoms. The third-order valence-corrected chi connectivity index (χ3v) is 0.702. The number of rotatable bonds is 0. The van der Waals surface area contributed by atoms with Gasteiger partial charge in [-0.2, -0.15) is 0 Å². The average molecular weight is 138 g/mol. The van der Waals surface area contributed by atoms with Gasteiger partial charge in [-0.05, 0) is 12.5 Å². The minimum Gasteiger partial charge on any atom is -0.277 e. The smallest absolute Gasteiger partial charge is 0.202 e. The predicted molar refractivity (Wildman–Crippen MR) is 50.7 cm³/mol. The molecule has 0 aromatic carbocycles. The summed E-state index contributed by atoms with van der Waals surface area (Å²) >= 11 is 0. The highest BCUT2D eigenvalue weighted by molar-refractivity contribution is 6.79. The van der Waals surface area contributed by atoms with Crippen LogP contribution in [-0.2, 0) is 0 Å². The van der Waals surface area contributed by atoms with Crippen LogP contribution in [0.25, 0.3) is 0 Å². The molecule has 0 fully saturated rings. The monoisotopic (exact) mass is 138 g/mol. The van der Waals surface area contributed by atoms with Crippen LogP contribution < -0.4 is 0 Å². The van der Waals surface area contributed by atoms with Crippen molar-refractivity contribution in [1.29, 1.82) is 0 Å². The molecular formula is C8H17BN. The zero-order chi connectivity index (χ0) is 8.41. The van der Waals surface area contributed by atoms with Crippen LogP contribution in [0, 0.1) is 0 Å². The van der Waals surface area contributed by atoms with Gasteiger partial charge < -0.3 is 0 Å². The molecule has 0 aromatic rings. The SMILES string of the molecule is CC.CC.CC1=NC=C[B]1. The highest BCUT2D eigenvalue weighted by atomic mass is 14.7. The maximum Gasteiger partial charge on any atom is 0.202 e. The minimum atomic E-state index is 1.09. The largest absolute Gasteiger partial charge is 0.277 e. The van der Waals surface area contributed by atoms with Crippen LogP contribution in [0.15, 0.2) is 17.2 Å². The standard InChI is InChI=1S/C4H5BN.2C2H6/c1-4-5-2-3-6-4;2*1-2/h2-3H,1H3;2*1-2H3. The topological polar surface area (TPSA) is 12.4 Å². The van der Waals surface area contributed by atoms with Crippen LogP contribution in [0.3, 0.4) is 0 Å². The molecule has 1 nitrogen and oxygen atoms in total. The fourth-order valence-electron chi connectivity index (χ4n) is 0.386. The lowest BCUT2D eigenvalue weighted by molar-refractivity contribution is 1.50. The van der Waals surface area contributed by atoms with E-state index in [1.807, 2.05) is 47.9 Å². The van der Waals surface area contributed by atoms with Gasteiger partial charge in [0.1, 0.15) is 0 Å². The van der Waals surface area contributed by atoms with Crippen molar-refractivity contribution in [3.05, 3.63) is 12.2 Å². The lowest BCUT2D eigenvalue weighted by atomic mass is 9.75. The molecule has 0 aromatic heterocycles. The zero-order valence-electron chi connectivity index (χ0n) is 7.68.